The smallest absolute Gasteiger partial charge is 0.326 e. The van der Waals surface area contributed by atoms with Gasteiger partial charge in [0.1, 0.15) is 12.1 Å². The molecule has 1 rings (SSSR count). The van der Waals surface area contributed by atoms with Crippen LogP contribution in [0, 0.1) is 0 Å². The topological polar surface area (TPSA) is 244 Å². The highest BCUT2D eigenvalue weighted by Crippen LogP contribution is 2.00. The van der Waals surface area contributed by atoms with E-state index in [4.69, 9.17) is 17.2 Å². The van der Waals surface area contributed by atoms with Crippen LogP contribution in [0.25, 0.3) is 0 Å². The summed E-state index contributed by atoms with van der Waals surface area (Å²) in [4.78, 5) is 57.7. The quantitative estimate of drug-likeness (QED) is 0.0873. The molecule has 11 N–H and O–H groups in total. The van der Waals surface area contributed by atoms with Crippen molar-refractivity contribution in [2.75, 3.05) is 19.6 Å². The molecule has 14 heteroatoms. The normalized spacial score (nSPS) is 12.3. The predicted octanol–water partition coefficient (Wildman–Crippen LogP) is -3.87. The lowest BCUT2D eigenvalue weighted by Gasteiger charge is -2.18. The SMILES string of the molecule is NCC(=O)N[C@@H](Cc1cnc[nH]1)C(=O)NCC(=O)N[C@@H](CCCN=C(N)N)C(=O)O. The second-order valence-electron chi connectivity index (χ2n) is 6.23. The number of carbonyl (C=O) groups is 4. The molecule has 166 valence electrons. The minimum Gasteiger partial charge on any atom is -0.480 e. The van der Waals surface area contributed by atoms with Gasteiger partial charge in [0.25, 0.3) is 0 Å². The third kappa shape index (κ3) is 9.50. The Balaban J connectivity index is 2.56. The number of aliphatic imine (C=N–C) groups is 1. The van der Waals surface area contributed by atoms with Gasteiger partial charge in [0, 0.05) is 24.9 Å². The monoisotopic (exact) mass is 425 g/mol. The molecule has 0 unspecified atom stereocenters. The molecule has 0 spiro atoms. The van der Waals surface area contributed by atoms with Crippen molar-refractivity contribution < 1.29 is 24.3 Å². The fourth-order valence-electron chi connectivity index (χ4n) is 2.38. The number of guanidine groups is 1. The number of imidazole rings is 1. The van der Waals surface area contributed by atoms with Crippen LogP contribution < -0.4 is 33.2 Å². The lowest BCUT2D eigenvalue weighted by Crippen LogP contribution is -2.52. The first kappa shape index (κ1) is 24.4. The van der Waals surface area contributed by atoms with E-state index in [1.165, 1.54) is 12.5 Å². The van der Waals surface area contributed by atoms with Crippen LogP contribution in [-0.4, -0.2) is 76.4 Å². The van der Waals surface area contributed by atoms with Gasteiger partial charge in [-0.3, -0.25) is 19.4 Å². The standard InChI is InChI=1S/C16H27N9O5/c17-5-12(26)25-11(4-9-6-20-8-23-9)14(28)22-7-13(27)24-10(15(29)30)2-1-3-21-16(18)19/h6,8,10-11H,1-5,7,17H2,(H,20,23)(H,22,28)(H,24,27)(H,25,26)(H,29,30)(H4,18,19,21)/t10-,11-/m0/s1. The number of carboxylic acid groups (broad SMARTS) is 1. The highest BCUT2D eigenvalue weighted by Gasteiger charge is 2.23. The Morgan fingerprint density at radius 2 is 1.87 bits per heavy atom. The van der Waals surface area contributed by atoms with Crippen LogP contribution in [-0.2, 0) is 25.6 Å². The van der Waals surface area contributed by atoms with Crippen molar-refractivity contribution in [1.82, 2.24) is 25.9 Å². The molecule has 0 aliphatic carbocycles. The summed E-state index contributed by atoms with van der Waals surface area (Å²) < 4.78 is 0. The van der Waals surface area contributed by atoms with Gasteiger partial charge < -0.3 is 43.2 Å². The van der Waals surface area contributed by atoms with E-state index in [9.17, 15) is 24.3 Å². The number of carbonyl (C=O) groups excluding carboxylic acids is 3. The Hall–Kier alpha value is -3.68. The zero-order chi connectivity index (χ0) is 22.5. The molecule has 14 nitrogen and oxygen atoms in total. The number of nitrogens with two attached hydrogens (primary N) is 3. The number of rotatable bonds is 13. The second-order valence-corrected chi connectivity index (χ2v) is 6.23. The van der Waals surface area contributed by atoms with E-state index in [-0.39, 0.29) is 31.9 Å². The molecule has 0 fully saturated rings. The number of hydrogen-bond acceptors (Lipinski definition) is 7. The number of nitrogens with one attached hydrogen (secondary N) is 4. The van der Waals surface area contributed by atoms with Crippen LogP contribution in [0.4, 0.5) is 0 Å². The van der Waals surface area contributed by atoms with Crippen LogP contribution in [0.1, 0.15) is 18.5 Å². The largest absolute Gasteiger partial charge is 0.480 e. The zero-order valence-electron chi connectivity index (χ0n) is 16.3. The van der Waals surface area contributed by atoms with Crippen molar-refractivity contribution in [2.24, 2.45) is 22.2 Å². The highest BCUT2D eigenvalue weighted by atomic mass is 16.4. The fourth-order valence-corrected chi connectivity index (χ4v) is 2.38. The maximum Gasteiger partial charge on any atom is 0.326 e. The number of amides is 3. The second kappa shape index (κ2) is 12.7. The fraction of sp³-hybridized carbons (Fsp3) is 0.500. The van der Waals surface area contributed by atoms with E-state index >= 15 is 0 Å². The van der Waals surface area contributed by atoms with Crippen LogP contribution in [0.5, 0.6) is 0 Å². The number of aliphatic carboxylic acids is 1. The molecular weight excluding hydrogens is 398 g/mol. The van der Waals surface area contributed by atoms with E-state index in [0.717, 1.165) is 0 Å². The van der Waals surface area contributed by atoms with Crippen molar-refractivity contribution in [3.8, 4) is 0 Å². The van der Waals surface area contributed by atoms with Gasteiger partial charge in [-0.05, 0) is 12.8 Å². The van der Waals surface area contributed by atoms with Crippen LogP contribution in [0.2, 0.25) is 0 Å². The maximum atomic E-state index is 12.4. The molecule has 0 aliphatic heterocycles. The number of nitrogens with zero attached hydrogens (tertiary/aromatic N) is 2. The molecule has 0 aromatic carbocycles. The van der Waals surface area contributed by atoms with Gasteiger partial charge in [-0.25, -0.2) is 9.78 Å². The number of aromatic nitrogens is 2. The van der Waals surface area contributed by atoms with Gasteiger partial charge in [-0.2, -0.15) is 0 Å². The first-order valence-electron chi connectivity index (χ1n) is 9.04. The summed E-state index contributed by atoms with van der Waals surface area (Å²) in [6, 6.07) is -2.16. The van der Waals surface area contributed by atoms with Crippen molar-refractivity contribution in [2.45, 2.75) is 31.3 Å². The summed E-state index contributed by atoms with van der Waals surface area (Å²) in [5.74, 6) is -3.23. The van der Waals surface area contributed by atoms with Crippen molar-refractivity contribution in [3.63, 3.8) is 0 Å². The number of carboxylic acids is 1. The molecule has 1 heterocycles. The maximum absolute atomic E-state index is 12.4. The lowest BCUT2D eigenvalue weighted by molar-refractivity contribution is -0.142. The molecule has 0 saturated heterocycles. The van der Waals surface area contributed by atoms with E-state index in [1.54, 1.807) is 0 Å². The Morgan fingerprint density at radius 1 is 1.17 bits per heavy atom. The molecule has 0 saturated carbocycles. The van der Waals surface area contributed by atoms with E-state index in [1.807, 2.05) is 0 Å². The van der Waals surface area contributed by atoms with Crippen LogP contribution in [0.15, 0.2) is 17.5 Å². The van der Waals surface area contributed by atoms with Gasteiger partial charge in [-0.15, -0.1) is 0 Å². The van der Waals surface area contributed by atoms with Gasteiger partial charge in [0.2, 0.25) is 17.7 Å². The molecule has 2 atom stereocenters. The average molecular weight is 425 g/mol. The minimum absolute atomic E-state index is 0.0980. The molecule has 0 aliphatic rings. The Labute approximate surface area is 172 Å². The first-order chi connectivity index (χ1) is 14.2. The Kier molecular flexibility index (Phi) is 10.3. The van der Waals surface area contributed by atoms with E-state index in [0.29, 0.717) is 12.1 Å². The number of hydrogen-bond donors (Lipinski definition) is 8. The molecule has 3 amide bonds. The van der Waals surface area contributed by atoms with Crippen molar-refractivity contribution in [3.05, 3.63) is 18.2 Å². The van der Waals surface area contributed by atoms with Crippen LogP contribution in [0.3, 0.4) is 0 Å². The summed E-state index contributed by atoms with van der Waals surface area (Å²) in [6.45, 7) is -0.573. The zero-order valence-corrected chi connectivity index (χ0v) is 16.3. The van der Waals surface area contributed by atoms with Crippen molar-refractivity contribution >= 4 is 29.7 Å². The summed E-state index contributed by atoms with van der Waals surface area (Å²) in [6.07, 6.45) is 3.44. The van der Waals surface area contributed by atoms with Gasteiger partial charge in [0.15, 0.2) is 5.96 Å². The summed E-state index contributed by atoms with van der Waals surface area (Å²) in [5.41, 5.74) is 16.2. The molecule has 0 radical (unpaired) electrons. The van der Waals surface area contributed by atoms with Crippen LogP contribution >= 0.6 is 0 Å². The minimum atomic E-state index is -1.23. The number of aromatic amines is 1. The van der Waals surface area contributed by atoms with Gasteiger partial charge in [-0.1, -0.05) is 0 Å². The van der Waals surface area contributed by atoms with E-state index in [2.05, 4.69) is 30.9 Å². The summed E-state index contributed by atoms with van der Waals surface area (Å²) >= 11 is 0. The third-order valence-corrected chi connectivity index (χ3v) is 3.82. The molecular formula is C16H27N9O5. The Bertz CT molecular complexity index is 746. The van der Waals surface area contributed by atoms with E-state index < -0.39 is 42.3 Å². The predicted molar refractivity (Wildman–Crippen MR) is 106 cm³/mol. The first-order valence-corrected chi connectivity index (χ1v) is 9.04. The summed E-state index contributed by atoms with van der Waals surface area (Å²) in [7, 11) is 0. The molecule has 30 heavy (non-hydrogen) atoms. The van der Waals surface area contributed by atoms with Gasteiger partial charge in [0.05, 0.1) is 19.4 Å². The highest BCUT2D eigenvalue weighted by molar-refractivity contribution is 5.92. The third-order valence-electron chi connectivity index (χ3n) is 3.82. The van der Waals surface area contributed by atoms with Crippen molar-refractivity contribution in [1.29, 1.82) is 0 Å². The summed E-state index contributed by atoms with van der Waals surface area (Å²) in [5, 5.41) is 16.3. The molecule has 1 aromatic rings. The lowest BCUT2D eigenvalue weighted by atomic mass is 10.1. The molecule has 1 aromatic heterocycles. The average Bonchev–Trinajstić information content (AvgIpc) is 3.20. The Morgan fingerprint density at radius 3 is 2.43 bits per heavy atom. The number of H-pyrrole nitrogens is 1. The molecule has 0 bridgehead atoms. The van der Waals surface area contributed by atoms with Gasteiger partial charge >= 0.3 is 5.97 Å².